The molecule has 702 valence electrons. The summed E-state index contributed by atoms with van der Waals surface area (Å²) >= 11 is 0. The number of methoxy groups -OCH3 is 2. The molecule has 9 amide bonds. The molecule has 0 aliphatic carbocycles. The maximum Gasteiger partial charge on any atom is 0.407 e. The van der Waals surface area contributed by atoms with E-state index < -0.39 is 167 Å². The van der Waals surface area contributed by atoms with Crippen molar-refractivity contribution in [2.24, 2.45) is 5.73 Å². The molecule has 6 rings (SSSR count). The van der Waals surface area contributed by atoms with Crippen LogP contribution in [0.15, 0.2) is 127 Å². The normalized spacial score (nSPS) is 14.5. The molecule has 0 spiro atoms. The highest BCUT2D eigenvalue weighted by Gasteiger charge is 2.44. The average molecular weight is 1780 g/mol. The number of rotatable bonds is 45. The Kier molecular flexibility index (Phi) is 39.4. The maximum absolute atomic E-state index is 16.0. The van der Waals surface area contributed by atoms with Crippen molar-refractivity contribution in [1.29, 1.82) is 0 Å². The van der Waals surface area contributed by atoms with Gasteiger partial charge in [0.25, 0.3) is 5.91 Å². The van der Waals surface area contributed by atoms with E-state index in [9.17, 15) is 19.2 Å². The first kappa shape index (κ1) is 106. The van der Waals surface area contributed by atoms with Crippen LogP contribution in [0.2, 0.25) is 0 Å². The van der Waals surface area contributed by atoms with Crippen LogP contribution >= 0.6 is 0 Å². The van der Waals surface area contributed by atoms with Gasteiger partial charge in [-0.3, -0.25) is 43.2 Å². The molecular formula is C98H139FN10O19. The second kappa shape index (κ2) is 47.7. The summed E-state index contributed by atoms with van der Waals surface area (Å²) < 4.78 is 69.0. The van der Waals surface area contributed by atoms with Crippen LogP contribution < -0.4 is 72.5 Å². The Morgan fingerprint density at radius 1 is 0.516 bits per heavy atom. The van der Waals surface area contributed by atoms with Gasteiger partial charge in [-0.1, -0.05) is 96.9 Å². The first-order valence-electron chi connectivity index (χ1n) is 43.7. The minimum absolute atomic E-state index is 0.0182. The minimum Gasteiger partial charge on any atom is -0.497 e. The van der Waals surface area contributed by atoms with Crippen LogP contribution in [0.5, 0.6) is 23.0 Å². The van der Waals surface area contributed by atoms with Crippen molar-refractivity contribution in [2.75, 3.05) is 47.6 Å². The molecule has 6 aromatic rings. The van der Waals surface area contributed by atoms with E-state index in [0.29, 0.717) is 84.9 Å². The first-order chi connectivity index (χ1) is 59.8. The van der Waals surface area contributed by atoms with E-state index in [4.69, 9.17) is 48.4 Å². The molecule has 0 heterocycles. The number of benzene rings is 6. The fourth-order valence-corrected chi connectivity index (χ4v) is 14.1. The molecule has 10 atom stereocenters. The van der Waals surface area contributed by atoms with Gasteiger partial charge >= 0.3 is 12.1 Å². The molecule has 30 heteroatoms. The lowest BCUT2D eigenvalue weighted by Crippen LogP contribution is -2.67. The number of unbranched alkanes of at least 4 members (excludes halogenated alkanes) is 1. The topological polar surface area (TPSA) is 388 Å². The number of hydrogen-bond acceptors (Lipinski definition) is 20. The van der Waals surface area contributed by atoms with Crippen molar-refractivity contribution in [3.8, 4) is 34.1 Å². The summed E-state index contributed by atoms with van der Waals surface area (Å²) in [4.78, 5) is 147. The number of hydrogen-bond donors (Lipinski definition) is 10. The third-order valence-electron chi connectivity index (χ3n) is 20.1. The highest BCUT2D eigenvalue weighted by molar-refractivity contribution is 5.99. The Labute approximate surface area is 754 Å². The Morgan fingerprint density at radius 2 is 1.09 bits per heavy atom. The molecule has 11 N–H and O–H groups in total. The lowest BCUT2D eigenvalue weighted by atomic mass is 9.90. The summed E-state index contributed by atoms with van der Waals surface area (Å²) in [5, 5.41) is 25.2. The van der Waals surface area contributed by atoms with Crippen molar-refractivity contribution in [3.63, 3.8) is 0 Å². The number of likely N-dealkylation sites (N-methyl/N-ethyl adjacent to an activating group) is 1. The van der Waals surface area contributed by atoms with Crippen molar-refractivity contribution in [3.05, 3.63) is 178 Å². The lowest BCUT2D eigenvalue weighted by Gasteiger charge is -2.36. The summed E-state index contributed by atoms with van der Waals surface area (Å²) in [5.41, 5.74) is 7.15. The van der Waals surface area contributed by atoms with Gasteiger partial charge in [0.2, 0.25) is 41.4 Å². The molecule has 0 radical (unpaired) electrons. The summed E-state index contributed by atoms with van der Waals surface area (Å²) in [6, 6.07) is 26.0. The molecule has 128 heavy (non-hydrogen) atoms. The summed E-state index contributed by atoms with van der Waals surface area (Å²) in [7, 11) is 4.46. The van der Waals surface area contributed by atoms with Gasteiger partial charge in [0.1, 0.15) is 81.8 Å². The smallest absolute Gasteiger partial charge is 0.407 e. The molecular weight excluding hydrogens is 1640 g/mol. The van der Waals surface area contributed by atoms with Crippen molar-refractivity contribution < 1.29 is 95.0 Å². The Bertz CT molecular complexity index is 4700. The standard InChI is InChI=1S/C98H139FN10O19/c1-25-65-53-71(122-48-29-28-47-102-92(119)128-97(18,19)20)44-45-72(65)66-37-35-63(36-38-66)52-76(86(113)103-75(34-30-31-64-50-59(2)49-60(3)51-64)85(112)107-84(73-46-43-70(120-23)54-79(73)121-24)67-39-41-69(42-40-67)123-58-80(110)101-22)104-87(114)77(55-81(111)127-96(15,16)17)105-88(115)78(57-124-93(6,7)8)106-90(117)83(62(5)126-95(12,13)14)108-91(118)98(21,56-68-32-26-27-33-74(68)99)109-89(116)82(100)61(4)125-94(9,10)11/h26-27,32-33,35-46,49-51,53-54,61-62,75-78,82-84H,25,28-31,34,47-48,52,55-58,100H2,1-24H3,(H,101,110)(H,102,119)(H,103,113)(H,104,114)(H,105,115)(H,106,117)(H,107,112)(H,108,118)(H,109,116)/t61-,62-,75+,76+,77+,78+,82+,83+,84?,98+/m1/s1. The predicted octanol–water partition coefficient (Wildman–Crippen LogP) is 11.8. The van der Waals surface area contributed by atoms with E-state index in [1.807, 2.05) is 69.3 Å². The number of nitrogens with one attached hydrogen (secondary N) is 9. The molecule has 0 aliphatic heterocycles. The van der Waals surface area contributed by atoms with Crippen molar-refractivity contribution >= 4 is 59.3 Å². The molecule has 29 nitrogen and oxygen atoms in total. The van der Waals surface area contributed by atoms with E-state index in [1.165, 1.54) is 53.3 Å². The molecule has 1 unspecified atom stereocenters. The minimum atomic E-state index is -2.06. The first-order valence-corrected chi connectivity index (χ1v) is 43.7. The van der Waals surface area contributed by atoms with E-state index in [0.717, 1.165) is 33.4 Å². The largest absolute Gasteiger partial charge is 0.497 e. The zero-order valence-electron chi connectivity index (χ0n) is 79.2. The summed E-state index contributed by atoms with van der Waals surface area (Å²) in [6.07, 6.45) is -1.41. The SMILES string of the molecule is CCc1cc(OCCCCNC(=O)OC(C)(C)C)ccc1-c1ccc(C[C@H](NC(=O)[C@H](CC(=O)OC(C)(C)C)NC(=O)[C@H](COC(C)(C)C)NC(=O)[C@@H](NC(=O)[C@](C)(Cc2ccccc2F)NC(=O)[C@@H](N)[C@@H](C)OC(C)(C)C)[C@@H](C)OC(C)(C)C)C(=O)N[C@@H](CCCc2cc(C)cc(C)c2)C(=O)NC(c2ccc(OCC(=O)NC)cc2)c2ccc(OC)cc2OC)cc1. The van der Waals surface area contributed by atoms with Crippen LogP contribution in [0.3, 0.4) is 0 Å². The van der Waals surface area contributed by atoms with E-state index in [2.05, 4.69) is 47.9 Å². The van der Waals surface area contributed by atoms with Crippen LogP contribution in [0.1, 0.15) is 214 Å². The lowest BCUT2D eigenvalue weighted by molar-refractivity contribution is -0.157. The number of aryl methyl sites for hydroxylation is 4. The Morgan fingerprint density at radius 3 is 1.69 bits per heavy atom. The number of ether oxygens (including phenoxy) is 9. The summed E-state index contributed by atoms with van der Waals surface area (Å²) in [5.74, 6) is -6.83. The Hall–Kier alpha value is -11.2. The number of alkyl carbamates (subject to hydrolysis) is 1. The molecule has 0 saturated heterocycles. The fourth-order valence-electron chi connectivity index (χ4n) is 14.1. The molecule has 0 aliphatic rings. The van der Waals surface area contributed by atoms with Gasteiger partial charge in [-0.15, -0.1) is 0 Å². The number of halogens is 1. The third kappa shape index (κ3) is 35.8. The highest BCUT2D eigenvalue weighted by Crippen LogP contribution is 2.36. The van der Waals surface area contributed by atoms with Gasteiger partial charge in [-0.25, -0.2) is 9.18 Å². The van der Waals surface area contributed by atoms with Gasteiger partial charge in [0, 0.05) is 38.1 Å². The maximum atomic E-state index is 16.0. The number of carbonyl (C=O) groups is 10. The van der Waals surface area contributed by atoms with Gasteiger partial charge in [-0.05, 0) is 258 Å². The molecule has 0 fully saturated rings. The van der Waals surface area contributed by atoms with Crippen molar-refractivity contribution in [2.45, 2.75) is 291 Å². The second-order valence-electron chi connectivity index (χ2n) is 37.4. The number of carbonyl (C=O) groups excluding carboxylic acids is 10. The highest BCUT2D eigenvalue weighted by atomic mass is 19.1. The van der Waals surface area contributed by atoms with Crippen LogP contribution in [0.25, 0.3) is 11.1 Å². The van der Waals surface area contributed by atoms with Crippen LogP contribution in [-0.4, -0.2) is 189 Å². The fraction of sp³-hybridized carbons (Fsp3) is 0.531. The van der Waals surface area contributed by atoms with E-state index in [-0.39, 0.29) is 30.9 Å². The van der Waals surface area contributed by atoms with Gasteiger partial charge in [-0.2, -0.15) is 0 Å². The van der Waals surface area contributed by atoms with Gasteiger partial charge in [0.15, 0.2) is 6.61 Å². The second-order valence-corrected chi connectivity index (χ2v) is 37.4. The van der Waals surface area contributed by atoms with Gasteiger partial charge < -0.3 is 96.2 Å². The van der Waals surface area contributed by atoms with E-state index in [1.54, 1.807) is 171 Å². The quantitative estimate of drug-likeness (QED) is 0.0125. The molecule has 6 aromatic carbocycles. The molecule has 0 aromatic heterocycles. The van der Waals surface area contributed by atoms with Gasteiger partial charge in [0.05, 0.1) is 68.9 Å². The molecule has 0 saturated carbocycles. The number of amides is 9. The van der Waals surface area contributed by atoms with Crippen LogP contribution in [0.4, 0.5) is 9.18 Å². The van der Waals surface area contributed by atoms with E-state index >= 15 is 33.2 Å². The zero-order chi connectivity index (χ0) is 95.4. The average Bonchev–Trinajstić information content (AvgIpc) is 0.807. The van der Waals surface area contributed by atoms with Crippen LogP contribution in [-0.2, 0) is 92.5 Å². The Balaban J connectivity index is 1.46. The van der Waals surface area contributed by atoms with Crippen LogP contribution in [0, 0.1) is 19.7 Å². The monoisotopic (exact) mass is 1780 g/mol. The third-order valence-corrected chi connectivity index (χ3v) is 20.1. The number of esters is 1. The number of nitrogens with two attached hydrogens (primary N) is 1. The summed E-state index contributed by atoms with van der Waals surface area (Å²) in [6.45, 7) is 36.1. The predicted molar refractivity (Wildman–Crippen MR) is 489 cm³/mol. The molecule has 0 bridgehead atoms. The zero-order valence-corrected chi connectivity index (χ0v) is 79.2. The van der Waals surface area contributed by atoms with Crippen molar-refractivity contribution in [1.82, 2.24) is 47.9 Å².